The van der Waals surface area contributed by atoms with Gasteiger partial charge in [0.25, 0.3) is 0 Å². The molecular formula is C21H27N2O+. The number of carbonyl (C=O) groups is 1. The number of unbranched alkanes of at least 4 members (excludes halogenated alkanes) is 2. The molecule has 0 unspecified atom stereocenters. The highest BCUT2D eigenvalue weighted by Gasteiger charge is 2.05. The zero-order valence-corrected chi connectivity index (χ0v) is 14.4. The molecule has 126 valence electrons. The molecule has 1 N–H and O–H groups in total. The molecule has 1 heterocycles. The molecule has 0 saturated heterocycles. The molecule has 1 aromatic heterocycles. The van der Waals surface area contributed by atoms with Gasteiger partial charge >= 0.3 is 0 Å². The molecule has 3 heteroatoms. The number of hydrogen-bond acceptors (Lipinski definition) is 1. The number of nitrogens with one attached hydrogen (secondary N) is 1. The van der Waals surface area contributed by atoms with Gasteiger partial charge in [0.2, 0.25) is 11.6 Å². The van der Waals surface area contributed by atoms with Crippen LogP contribution in [0.5, 0.6) is 0 Å². The Hall–Kier alpha value is -2.42. The highest BCUT2D eigenvalue weighted by Crippen LogP contribution is 2.05. The molecule has 1 aromatic carbocycles. The molecule has 0 saturated carbocycles. The van der Waals surface area contributed by atoms with Crippen molar-refractivity contribution in [2.75, 3.05) is 0 Å². The Bertz CT molecular complexity index is 633. The Morgan fingerprint density at radius 2 is 1.79 bits per heavy atom. The smallest absolute Gasteiger partial charge is 0.220 e. The fourth-order valence-corrected chi connectivity index (χ4v) is 2.48. The first-order valence-corrected chi connectivity index (χ1v) is 8.77. The molecule has 0 radical (unpaired) electrons. The number of rotatable bonds is 9. The third-order valence-electron chi connectivity index (χ3n) is 3.87. The number of aromatic nitrogens is 1. The summed E-state index contributed by atoms with van der Waals surface area (Å²) in [5.41, 5.74) is 2.24. The van der Waals surface area contributed by atoms with Crippen LogP contribution in [0.2, 0.25) is 0 Å². The quantitative estimate of drug-likeness (QED) is 0.420. The summed E-state index contributed by atoms with van der Waals surface area (Å²) in [4.78, 5) is 11.9. The van der Waals surface area contributed by atoms with Crippen molar-refractivity contribution in [3.8, 4) is 5.69 Å². The maximum Gasteiger partial charge on any atom is 0.220 e. The summed E-state index contributed by atoms with van der Waals surface area (Å²) in [6.07, 6.45) is 13.2. The van der Waals surface area contributed by atoms with Crippen molar-refractivity contribution in [1.82, 2.24) is 5.32 Å². The van der Waals surface area contributed by atoms with Gasteiger partial charge in [0.05, 0.1) is 0 Å². The Morgan fingerprint density at radius 3 is 2.50 bits per heavy atom. The number of hydrogen-bond donors (Lipinski definition) is 1. The van der Waals surface area contributed by atoms with E-state index >= 15 is 0 Å². The predicted octanol–water partition coefficient (Wildman–Crippen LogP) is 4.11. The summed E-state index contributed by atoms with van der Waals surface area (Å²) < 4.78 is 2.06. The first kappa shape index (κ1) is 17.9. The fraction of sp³-hybridized carbons (Fsp3) is 0.333. The van der Waals surface area contributed by atoms with Gasteiger partial charge in [-0.05, 0) is 31.2 Å². The van der Waals surface area contributed by atoms with Gasteiger partial charge < -0.3 is 5.32 Å². The minimum atomic E-state index is 0.135. The molecule has 3 nitrogen and oxygen atoms in total. The second kappa shape index (κ2) is 10.4. The van der Waals surface area contributed by atoms with Crippen LogP contribution >= 0.6 is 0 Å². The molecule has 24 heavy (non-hydrogen) atoms. The molecule has 0 atom stereocenters. The van der Waals surface area contributed by atoms with Crippen molar-refractivity contribution >= 4 is 5.91 Å². The zero-order chi connectivity index (χ0) is 17.0. The van der Waals surface area contributed by atoms with Crippen LogP contribution in [-0.4, -0.2) is 5.91 Å². The average molecular weight is 323 g/mol. The summed E-state index contributed by atoms with van der Waals surface area (Å²) in [5, 5.41) is 3.00. The van der Waals surface area contributed by atoms with E-state index in [0.717, 1.165) is 36.9 Å². The summed E-state index contributed by atoms with van der Waals surface area (Å²) in [7, 11) is 0. The number of benzene rings is 1. The average Bonchev–Trinajstić information content (AvgIpc) is 2.64. The molecule has 0 aliphatic rings. The van der Waals surface area contributed by atoms with Crippen LogP contribution in [0, 0.1) is 0 Å². The normalized spacial score (nSPS) is 10.9. The topological polar surface area (TPSA) is 33.0 Å². The van der Waals surface area contributed by atoms with E-state index < -0.39 is 0 Å². The first-order chi connectivity index (χ1) is 11.8. The maximum atomic E-state index is 11.9. The van der Waals surface area contributed by atoms with Gasteiger partial charge in [0.1, 0.15) is 0 Å². The predicted molar refractivity (Wildman–Crippen MR) is 97.7 cm³/mol. The van der Waals surface area contributed by atoms with Crippen LogP contribution in [0.3, 0.4) is 0 Å². The van der Waals surface area contributed by atoms with Crippen LogP contribution < -0.4 is 9.88 Å². The molecule has 0 aliphatic carbocycles. The van der Waals surface area contributed by atoms with Crippen molar-refractivity contribution in [2.45, 2.75) is 45.6 Å². The third kappa shape index (κ3) is 6.37. The lowest BCUT2D eigenvalue weighted by atomic mass is 10.1. The van der Waals surface area contributed by atoms with E-state index in [1.165, 1.54) is 0 Å². The standard InChI is InChI=1S/C21H26N2O/c1-2-3-4-5-6-8-11-21(24)22-18-19-12-14-20(15-13-19)23-16-9-7-10-17-23/h3-4,7,9-10,12-17H,2,5-6,8,11,18H2,1H3/p+1/b4-3-. The summed E-state index contributed by atoms with van der Waals surface area (Å²) in [6.45, 7) is 2.73. The lowest BCUT2D eigenvalue weighted by molar-refractivity contribution is -0.595. The van der Waals surface area contributed by atoms with Crippen LogP contribution in [0.1, 0.15) is 44.6 Å². The monoisotopic (exact) mass is 323 g/mol. The third-order valence-corrected chi connectivity index (χ3v) is 3.87. The number of carbonyl (C=O) groups excluding carboxylic acids is 1. The Kier molecular flexibility index (Phi) is 7.75. The highest BCUT2D eigenvalue weighted by atomic mass is 16.1. The minimum absolute atomic E-state index is 0.135. The maximum absolute atomic E-state index is 11.9. The van der Waals surface area contributed by atoms with E-state index in [1.54, 1.807) is 0 Å². The Balaban J connectivity index is 1.70. The summed E-state index contributed by atoms with van der Waals surface area (Å²) in [5.74, 6) is 0.135. The second-order valence-corrected chi connectivity index (χ2v) is 5.85. The number of pyridine rings is 1. The fourth-order valence-electron chi connectivity index (χ4n) is 2.48. The van der Waals surface area contributed by atoms with Gasteiger partial charge in [-0.15, -0.1) is 0 Å². The molecular weight excluding hydrogens is 296 g/mol. The lowest BCUT2D eigenvalue weighted by Crippen LogP contribution is -2.28. The van der Waals surface area contributed by atoms with Gasteiger partial charge in [-0.1, -0.05) is 37.3 Å². The highest BCUT2D eigenvalue weighted by molar-refractivity contribution is 5.75. The van der Waals surface area contributed by atoms with E-state index in [-0.39, 0.29) is 5.91 Å². The summed E-state index contributed by atoms with van der Waals surface area (Å²) >= 11 is 0. The van der Waals surface area contributed by atoms with Crippen molar-refractivity contribution in [1.29, 1.82) is 0 Å². The molecule has 0 bridgehead atoms. The van der Waals surface area contributed by atoms with E-state index in [4.69, 9.17) is 0 Å². The number of amides is 1. The van der Waals surface area contributed by atoms with Gasteiger partial charge in [0.15, 0.2) is 12.4 Å². The van der Waals surface area contributed by atoms with Crippen molar-refractivity contribution in [3.63, 3.8) is 0 Å². The molecule has 0 spiro atoms. The van der Waals surface area contributed by atoms with Crippen LogP contribution in [0.4, 0.5) is 0 Å². The molecule has 2 aromatic rings. The number of allylic oxidation sites excluding steroid dienone is 2. The van der Waals surface area contributed by atoms with Gasteiger partial charge in [-0.25, -0.2) is 0 Å². The van der Waals surface area contributed by atoms with Gasteiger partial charge in [0, 0.05) is 37.2 Å². The lowest BCUT2D eigenvalue weighted by Gasteiger charge is -2.05. The molecule has 1 amide bonds. The molecule has 0 fully saturated rings. The van der Waals surface area contributed by atoms with Crippen molar-refractivity contribution in [3.05, 3.63) is 72.6 Å². The van der Waals surface area contributed by atoms with Crippen LogP contribution in [0.15, 0.2) is 67.0 Å². The second-order valence-electron chi connectivity index (χ2n) is 5.85. The SMILES string of the molecule is CC/C=C\CCCCC(=O)NCc1ccc(-[n+]2ccccc2)cc1. The van der Waals surface area contributed by atoms with Gasteiger partial charge in [-0.2, -0.15) is 4.57 Å². The first-order valence-electron chi connectivity index (χ1n) is 8.77. The Morgan fingerprint density at radius 1 is 1.04 bits per heavy atom. The molecule has 0 aliphatic heterocycles. The van der Waals surface area contributed by atoms with Crippen molar-refractivity contribution in [2.24, 2.45) is 0 Å². The zero-order valence-electron chi connectivity index (χ0n) is 14.4. The van der Waals surface area contributed by atoms with E-state index in [0.29, 0.717) is 13.0 Å². The van der Waals surface area contributed by atoms with E-state index in [9.17, 15) is 4.79 Å². The minimum Gasteiger partial charge on any atom is -0.352 e. The van der Waals surface area contributed by atoms with E-state index in [1.807, 2.05) is 30.6 Å². The Labute approximate surface area is 145 Å². The molecule has 2 rings (SSSR count). The van der Waals surface area contributed by atoms with E-state index in [2.05, 4.69) is 53.2 Å². The summed E-state index contributed by atoms with van der Waals surface area (Å²) in [6, 6.07) is 14.3. The van der Waals surface area contributed by atoms with Crippen LogP contribution in [0.25, 0.3) is 5.69 Å². The van der Waals surface area contributed by atoms with Crippen LogP contribution in [-0.2, 0) is 11.3 Å². The number of nitrogens with zero attached hydrogens (tertiary/aromatic N) is 1. The van der Waals surface area contributed by atoms with Crippen molar-refractivity contribution < 1.29 is 9.36 Å². The largest absolute Gasteiger partial charge is 0.352 e. The van der Waals surface area contributed by atoms with Gasteiger partial charge in [-0.3, -0.25) is 4.79 Å².